The van der Waals surface area contributed by atoms with Gasteiger partial charge in [0.15, 0.2) is 11.0 Å². The topological polar surface area (TPSA) is 51.0 Å². The monoisotopic (exact) mass is 318 g/mol. The summed E-state index contributed by atoms with van der Waals surface area (Å²) in [5.41, 5.74) is 1.02. The van der Waals surface area contributed by atoms with Gasteiger partial charge in [0.25, 0.3) is 0 Å². The molecule has 0 aliphatic carbocycles. The van der Waals surface area contributed by atoms with Gasteiger partial charge < -0.3 is 9.47 Å². The Bertz CT molecular complexity index is 612. The first-order valence-electron chi connectivity index (χ1n) is 7.52. The van der Waals surface area contributed by atoms with Crippen molar-refractivity contribution in [3.63, 3.8) is 0 Å². The number of thioether (sulfide) groups is 1. The highest BCUT2D eigenvalue weighted by Crippen LogP contribution is 2.22. The van der Waals surface area contributed by atoms with E-state index in [4.69, 9.17) is 0 Å². The van der Waals surface area contributed by atoms with E-state index in [0.29, 0.717) is 5.75 Å². The van der Waals surface area contributed by atoms with Crippen LogP contribution in [-0.4, -0.2) is 44.4 Å². The van der Waals surface area contributed by atoms with E-state index in [9.17, 15) is 4.79 Å². The van der Waals surface area contributed by atoms with Gasteiger partial charge in [-0.3, -0.25) is 4.79 Å². The summed E-state index contributed by atoms with van der Waals surface area (Å²) in [7, 11) is 1.93. The minimum absolute atomic E-state index is 0.151. The highest BCUT2D eigenvalue weighted by atomic mass is 32.2. The number of hydrogen-bond acceptors (Lipinski definition) is 4. The van der Waals surface area contributed by atoms with Crippen LogP contribution in [0.4, 0.5) is 0 Å². The maximum Gasteiger partial charge on any atom is 0.233 e. The number of rotatable bonds is 7. The predicted molar refractivity (Wildman–Crippen MR) is 89.7 cm³/mol. The minimum atomic E-state index is 0.151. The van der Waals surface area contributed by atoms with Crippen LogP contribution < -0.4 is 0 Å². The Labute approximate surface area is 135 Å². The van der Waals surface area contributed by atoms with Crippen molar-refractivity contribution in [2.45, 2.75) is 25.4 Å². The summed E-state index contributed by atoms with van der Waals surface area (Å²) in [4.78, 5) is 14.0. The molecule has 5 nitrogen and oxygen atoms in total. The van der Waals surface area contributed by atoms with E-state index in [1.54, 1.807) is 0 Å². The maximum atomic E-state index is 12.2. The number of carbonyl (C=O) groups is 1. The molecule has 2 rings (SSSR count). The molecule has 0 unspecified atom stereocenters. The van der Waals surface area contributed by atoms with Crippen LogP contribution >= 0.6 is 11.8 Å². The van der Waals surface area contributed by atoms with Crippen LogP contribution in [0.25, 0.3) is 11.4 Å². The molecule has 0 radical (unpaired) electrons. The van der Waals surface area contributed by atoms with Gasteiger partial charge >= 0.3 is 0 Å². The summed E-state index contributed by atoms with van der Waals surface area (Å²) in [6.07, 6.45) is 0.979. The molecular weight excluding hydrogens is 296 g/mol. The lowest BCUT2D eigenvalue weighted by Gasteiger charge is -2.19. The molecule has 1 amide bonds. The molecule has 0 spiro atoms. The van der Waals surface area contributed by atoms with E-state index in [0.717, 1.165) is 36.1 Å². The standard InChI is InChI=1S/C16H22N4OS/c1-4-11-20(5-2)14(21)12-22-16-18-17-15(19(16)3)13-9-7-6-8-10-13/h6-10H,4-5,11-12H2,1-3H3. The van der Waals surface area contributed by atoms with Crippen LogP contribution in [0, 0.1) is 0 Å². The lowest BCUT2D eigenvalue weighted by atomic mass is 10.2. The van der Waals surface area contributed by atoms with E-state index in [-0.39, 0.29) is 5.91 Å². The second kappa shape index (κ2) is 7.98. The zero-order valence-electron chi connectivity index (χ0n) is 13.3. The smallest absolute Gasteiger partial charge is 0.233 e. The fourth-order valence-electron chi connectivity index (χ4n) is 2.23. The van der Waals surface area contributed by atoms with Crippen molar-refractivity contribution >= 4 is 17.7 Å². The SMILES string of the molecule is CCCN(CC)C(=O)CSc1nnc(-c2ccccc2)n1C. The van der Waals surface area contributed by atoms with Crippen LogP contribution in [0.2, 0.25) is 0 Å². The zero-order valence-corrected chi connectivity index (χ0v) is 14.1. The first-order valence-corrected chi connectivity index (χ1v) is 8.51. The summed E-state index contributed by atoms with van der Waals surface area (Å²) >= 11 is 1.44. The Morgan fingerprint density at radius 3 is 2.59 bits per heavy atom. The molecule has 0 N–H and O–H groups in total. The van der Waals surface area contributed by atoms with Crippen LogP contribution in [0.15, 0.2) is 35.5 Å². The number of amides is 1. The lowest BCUT2D eigenvalue weighted by Crippen LogP contribution is -2.32. The summed E-state index contributed by atoms with van der Waals surface area (Å²) in [5, 5.41) is 9.20. The van der Waals surface area contributed by atoms with Gasteiger partial charge in [0, 0.05) is 25.7 Å². The van der Waals surface area contributed by atoms with Crippen LogP contribution in [0.5, 0.6) is 0 Å². The van der Waals surface area contributed by atoms with Gasteiger partial charge in [-0.2, -0.15) is 0 Å². The number of aromatic nitrogens is 3. The Kier molecular flexibility index (Phi) is 6.00. The average molecular weight is 318 g/mol. The number of carbonyl (C=O) groups excluding carboxylic acids is 1. The maximum absolute atomic E-state index is 12.2. The Morgan fingerprint density at radius 2 is 1.95 bits per heavy atom. The predicted octanol–water partition coefficient (Wildman–Crippen LogP) is 2.83. The molecule has 1 heterocycles. The van der Waals surface area contributed by atoms with E-state index in [2.05, 4.69) is 17.1 Å². The molecule has 2 aromatic rings. The molecule has 1 aromatic carbocycles. The van der Waals surface area contributed by atoms with E-state index in [1.807, 2.05) is 53.8 Å². The third-order valence-corrected chi connectivity index (χ3v) is 4.42. The molecule has 0 saturated carbocycles. The molecule has 0 aliphatic heterocycles. The summed E-state index contributed by atoms with van der Waals surface area (Å²) in [6.45, 7) is 5.65. The van der Waals surface area contributed by atoms with E-state index < -0.39 is 0 Å². The van der Waals surface area contributed by atoms with Gasteiger partial charge in [-0.1, -0.05) is 49.0 Å². The van der Waals surface area contributed by atoms with Crippen LogP contribution in [0.3, 0.4) is 0 Å². The van der Waals surface area contributed by atoms with E-state index >= 15 is 0 Å². The van der Waals surface area contributed by atoms with Crippen molar-refractivity contribution in [2.24, 2.45) is 7.05 Å². The molecule has 22 heavy (non-hydrogen) atoms. The van der Waals surface area contributed by atoms with Crippen molar-refractivity contribution in [3.05, 3.63) is 30.3 Å². The second-order valence-corrected chi connectivity index (χ2v) is 5.94. The number of benzene rings is 1. The molecule has 6 heteroatoms. The molecule has 0 bridgehead atoms. The van der Waals surface area contributed by atoms with Crippen molar-refractivity contribution in [3.8, 4) is 11.4 Å². The van der Waals surface area contributed by atoms with Gasteiger partial charge in [0.1, 0.15) is 0 Å². The molecule has 0 aliphatic rings. The number of hydrogen-bond donors (Lipinski definition) is 0. The molecule has 0 atom stereocenters. The van der Waals surface area contributed by atoms with Crippen LogP contribution in [-0.2, 0) is 11.8 Å². The van der Waals surface area contributed by atoms with E-state index in [1.165, 1.54) is 11.8 Å². The first-order chi connectivity index (χ1) is 10.7. The largest absolute Gasteiger partial charge is 0.342 e. The third-order valence-electron chi connectivity index (χ3n) is 3.42. The van der Waals surface area contributed by atoms with Gasteiger partial charge in [-0.05, 0) is 13.3 Å². The normalized spacial score (nSPS) is 10.7. The van der Waals surface area contributed by atoms with Crippen molar-refractivity contribution < 1.29 is 4.79 Å². The summed E-state index contributed by atoms with van der Waals surface area (Å²) < 4.78 is 1.93. The molecule has 118 valence electrons. The van der Waals surface area contributed by atoms with Crippen LogP contribution in [0.1, 0.15) is 20.3 Å². The van der Waals surface area contributed by atoms with Crippen molar-refractivity contribution in [1.29, 1.82) is 0 Å². The Balaban J connectivity index is 2.03. The first kappa shape index (κ1) is 16.5. The Morgan fingerprint density at radius 1 is 1.23 bits per heavy atom. The van der Waals surface area contributed by atoms with Gasteiger partial charge in [-0.25, -0.2) is 0 Å². The van der Waals surface area contributed by atoms with Crippen molar-refractivity contribution in [2.75, 3.05) is 18.8 Å². The van der Waals surface area contributed by atoms with Gasteiger partial charge in [-0.15, -0.1) is 10.2 Å². The highest BCUT2D eigenvalue weighted by Gasteiger charge is 2.15. The molecule has 0 fully saturated rings. The molecule has 0 saturated heterocycles. The third kappa shape index (κ3) is 3.88. The number of nitrogens with zero attached hydrogens (tertiary/aromatic N) is 4. The zero-order chi connectivity index (χ0) is 15.9. The fourth-order valence-corrected chi connectivity index (χ4v) is 3.04. The molecule has 1 aromatic heterocycles. The molecular formula is C16H22N4OS. The second-order valence-electron chi connectivity index (χ2n) is 4.99. The van der Waals surface area contributed by atoms with Gasteiger partial charge in [0.2, 0.25) is 5.91 Å². The summed E-state index contributed by atoms with van der Waals surface area (Å²) in [5.74, 6) is 1.37. The van der Waals surface area contributed by atoms with Crippen molar-refractivity contribution in [1.82, 2.24) is 19.7 Å². The van der Waals surface area contributed by atoms with Gasteiger partial charge in [0.05, 0.1) is 5.75 Å². The minimum Gasteiger partial charge on any atom is -0.342 e. The Hall–Kier alpha value is -1.82. The quantitative estimate of drug-likeness (QED) is 0.737. The highest BCUT2D eigenvalue weighted by molar-refractivity contribution is 7.99. The lowest BCUT2D eigenvalue weighted by molar-refractivity contribution is -0.128. The summed E-state index contributed by atoms with van der Waals surface area (Å²) in [6, 6.07) is 9.93. The fraction of sp³-hybridized carbons (Fsp3) is 0.438. The average Bonchev–Trinajstić information content (AvgIpc) is 2.92.